The Kier molecular flexibility index (Phi) is 5.98. The van der Waals surface area contributed by atoms with Crippen molar-refractivity contribution < 1.29 is 14.0 Å². The van der Waals surface area contributed by atoms with E-state index >= 15 is 0 Å². The summed E-state index contributed by atoms with van der Waals surface area (Å²) in [4.78, 5) is 34.5. The van der Waals surface area contributed by atoms with Crippen LogP contribution in [0.1, 0.15) is 12.0 Å². The highest BCUT2D eigenvalue weighted by Gasteiger charge is 2.37. The SMILES string of the molecule is O=C1C[C@H](C(=O)N2CCN(c3ccccc3F)CC2)CN1CCc1c[nH]c2ccc(Cl)cc12. The Morgan fingerprint density at radius 2 is 1.91 bits per heavy atom. The lowest BCUT2D eigenvalue weighted by atomic mass is 10.1. The van der Waals surface area contributed by atoms with Gasteiger partial charge in [-0.3, -0.25) is 9.59 Å². The van der Waals surface area contributed by atoms with Crippen molar-refractivity contribution in [3.05, 3.63) is 65.1 Å². The van der Waals surface area contributed by atoms with Crippen LogP contribution in [0.25, 0.3) is 10.9 Å². The Morgan fingerprint density at radius 1 is 1.12 bits per heavy atom. The fourth-order valence-corrected chi connectivity index (χ4v) is 5.07. The molecule has 1 N–H and O–H groups in total. The van der Waals surface area contributed by atoms with E-state index < -0.39 is 0 Å². The fraction of sp³-hybridized carbons (Fsp3) is 0.360. The van der Waals surface area contributed by atoms with Crippen molar-refractivity contribution in [3.8, 4) is 0 Å². The minimum atomic E-state index is -0.310. The number of aromatic amines is 1. The van der Waals surface area contributed by atoms with Crippen molar-refractivity contribution in [1.29, 1.82) is 0 Å². The number of aromatic nitrogens is 1. The zero-order chi connectivity index (χ0) is 22.9. The molecule has 0 bridgehead atoms. The number of anilines is 1. The zero-order valence-electron chi connectivity index (χ0n) is 18.3. The first kappa shape index (κ1) is 21.8. The van der Waals surface area contributed by atoms with Crippen LogP contribution in [0, 0.1) is 11.7 Å². The Balaban J connectivity index is 1.16. The topological polar surface area (TPSA) is 59.7 Å². The highest BCUT2D eigenvalue weighted by molar-refractivity contribution is 6.31. The molecule has 2 aliphatic rings. The number of amides is 2. The first-order valence-corrected chi connectivity index (χ1v) is 11.7. The third-order valence-corrected chi connectivity index (χ3v) is 6.96. The number of likely N-dealkylation sites (tertiary alicyclic amines) is 1. The molecule has 0 saturated carbocycles. The van der Waals surface area contributed by atoms with E-state index in [-0.39, 0.29) is 30.0 Å². The molecule has 3 heterocycles. The number of para-hydroxylation sites is 1. The van der Waals surface area contributed by atoms with Crippen molar-refractivity contribution in [1.82, 2.24) is 14.8 Å². The van der Waals surface area contributed by atoms with Crippen molar-refractivity contribution in [2.45, 2.75) is 12.8 Å². The van der Waals surface area contributed by atoms with E-state index in [1.54, 1.807) is 17.0 Å². The summed E-state index contributed by atoms with van der Waals surface area (Å²) < 4.78 is 14.1. The van der Waals surface area contributed by atoms with E-state index in [9.17, 15) is 14.0 Å². The van der Waals surface area contributed by atoms with Crippen LogP contribution in [0.15, 0.2) is 48.7 Å². The van der Waals surface area contributed by atoms with Gasteiger partial charge in [0.1, 0.15) is 5.82 Å². The fourth-order valence-electron chi connectivity index (χ4n) is 4.90. The van der Waals surface area contributed by atoms with Gasteiger partial charge >= 0.3 is 0 Å². The molecule has 1 aromatic heterocycles. The molecular weight excluding hydrogens is 443 g/mol. The molecule has 0 radical (unpaired) electrons. The molecule has 2 aliphatic heterocycles. The van der Waals surface area contributed by atoms with Gasteiger partial charge in [0.05, 0.1) is 11.6 Å². The highest BCUT2D eigenvalue weighted by Crippen LogP contribution is 2.26. The van der Waals surface area contributed by atoms with Crippen molar-refractivity contribution in [3.63, 3.8) is 0 Å². The average Bonchev–Trinajstić information content (AvgIpc) is 3.40. The van der Waals surface area contributed by atoms with E-state index in [1.165, 1.54) is 6.07 Å². The van der Waals surface area contributed by atoms with Gasteiger partial charge in [-0.1, -0.05) is 23.7 Å². The van der Waals surface area contributed by atoms with E-state index in [2.05, 4.69) is 4.98 Å². The molecule has 2 amide bonds. The number of carbonyl (C=O) groups is 2. The molecule has 0 spiro atoms. The Morgan fingerprint density at radius 3 is 2.70 bits per heavy atom. The van der Waals surface area contributed by atoms with E-state index in [0.29, 0.717) is 56.4 Å². The number of piperazine rings is 1. The summed E-state index contributed by atoms with van der Waals surface area (Å²) >= 11 is 6.14. The van der Waals surface area contributed by atoms with Crippen LogP contribution in [-0.2, 0) is 16.0 Å². The molecule has 1 atom stereocenters. The second-order valence-electron chi connectivity index (χ2n) is 8.76. The standard InChI is InChI=1S/C25H26ClFN4O2/c26-19-5-6-22-20(14-19)17(15-28-22)7-8-31-16-18(13-24(31)32)25(33)30-11-9-29(10-12-30)23-4-2-1-3-21(23)27/h1-6,14-15,18,28H,7-13,16H2/t18-/m0/s1. The third kappa shape index (κ3) is 4.42. The number of hydrogen-bond acceptors (Lipinski definition) is 3. The number of rotatable bonds is 5. The Bertz CT molecular complexity index is 1190. The Labute approximate surface area is 196 Å². The molecule has 2 aromatic carbocycles. The van der Waals surface area contributed by atoms with E-state index in [1.807, 2.05) is 40.3 Å². The maximum absolute atomic E-state index is 14.1. The zero-order valence-corrected chi connectivity index (χ0v) is 19.0. The molecule has 2 fully saturated rings. The van der Waals surface area contributed by atoms with Crippen LogP contribution < -0.4 is 4.90 Å². The summed E-state index contributed by atoms with van der Waals surface area (Å²) in [6.07, 6.45) is 2.92. The molecule has 2 saturated heterocycles. The minimum absolute atomic E-state index is 0.0243. The number of carbonyl (C=O) groups excluding carboxylic acids is 2. The minimum Gasteiger partial charge on any atom is -0.366 e. The number of benzene rings is 2. The van der Waals surface area contributed by atoms with Gasteiger partial charge in [0, 0.05) is 67.8 Å². The van der Waals surface area contributed by atoms with Gasteiger partial charge < -0.3 is 19.7 Å². The second-order valence-corrected chi connectivity index (χ2v) is 9.19. The summed E-state index contributed by atoms with van der Waals surface area (Å²) in [5.74, 6) is -0.504. The highest BCUT2D eigenvalue weighted by atomic mass is 35.5. The van der Waals surface area contributed by atoms with Crippen LogP contribution >= 0.6 is 11.6 Å². The molecule has 0 aliphatic carbocycles. The Hall–Kier alpha value is -3.06. The molecule has 33 heavy (non-hydrogen) atoms. The number of fused-ring (bicyclic) bond motifs is 1. The lowest BCUT2D eigenvalue weighted by Crippen LogP contribution is -2.51. The normalized spacial score (nSPS) is 19.0. The predicted molar refractivity (Wildman–Crippen MR) is 127 cm³/mol. The number of nitrogens with zero attached hydrogens (tertiary/aromatic N) is 3. The number of H-pyrrole nitrogens is 1. The summed E-state index contributed by atoms with van der Waals surface area (Å²) in [5, 5.41) is 1.75. The summed E-state index contributed by atoms with van der Waals surface area (Å²) in [5.41, 5.74) is 2.70. The summed E-state index contributed by atoms with van der Waals surface area (Å²) in [7, 11) is 0. The van der Waals surface area contributed by atoms with E-state index in [0.717, 1.165) is 16.5 Å². The third-order valence-electron chi connectivity index (χ3n) is 6.73. The van der Waals surface area contributed by atoms with Gasteiger partial charge in [-0.2, -0.15) is 0 Å². The predicted octanol–water partition coefficient (Wildman–Crippen LogP) is 3.70. The molecule has 6 nitrogen and oxygen atoms in total. The molecule has 5 rings (SSSR count). The van der Waals surface area contributed by atoms with Crippen LogP contribution in [-0.4, -0.2) is 65.9 Å². The number of nitrogens with one attached hydrogen (secondary N) is 1. The maximum atomic E-state index is 14.1. The quantitative estimate of drug-likeness (QED) is 0.621. The second kappa shape index (κ2) is 9.06. The van der Waals surface area contributed by atoms with Crippen molar-refractivity contribution in [2.24, 2.45) is 5.92 Å². The van der Waals surface area contributed by atoms with Crippen LogP contribution in [0.4, 0.5) is 10.1 Å². The average molecular weight is 469 g/mol. The van der Waals surface area contributed by atoms with Gasteiger partial charge in [0.25, 0.3) is 0 Å². The van der Waals surface area contributed by atoms with Crippen molar-refractivity contribution >= 4 is 40.0 Å². The van der Waals surface area contributed by atoms with E-state index in [4.69, 9.17) is 11.6 Å². The van der Waals surface area contributed by atoms with Crippen LogP contribution in [0.2, 0.25) is 5.02 Å². The largest absolute Gasteiger partial charge is 0.366 e. The van der Waals surface area contributed by atoms with Gasteiger partial charge in [-0.15, -0.1) is 0 Å². The van der Waals surface area contributed by atoms with Gasteiger partial charge in [0.15, 0.2) is 0 Å². The van der Waals surface area contributed by atoms with Gasteiger partial charge in [0.2, 0.25) is 11.8 Å². The number of hydrogen-bond donors (Lipinski definition) is 1. The van der Waals surface area contributed by atoms with Gasteiger partial charge in [-0.25, -0.2) is 4.39 Å². The smallest absolute Gasteiger partial charge is 0.228 e. The lowest BCUT2D eigenvalue weighted by molar-refractivity contribution is -0.136. The molecule has 3 aromatic rings. The maximum Gasteiger partial charge on any atom is 0.228 e. The molecule has 8 heteroatoms. The monoisotopic (exact) mass is 468 g/mol. The van der Waals surface area contributed by atoms with Crippen LogP contribution in [0.5, 0.6) is 0 Å². The lowest BCUT2D eigenvalue weighted by Gasteiger charge is -2.37. The number of halogens is 2. The molecular formula is C25H26ClFN4O2. The van der Waals surface area contributed by atoms with Crippen molar-refractivity contribution in [2.75, 3.05) is 44.2 Å². The first-order valence-electron chi connectivity index (χ1n) is 11.3. The molecule has 172 valence electrons. The first-order chi connectivity index (χ1) is 16.0. The summed E-state index contributed by atoms with van der Waals surface area (Å²) in [6, 6.07) is 12.4. The summed E-state index contributed by atoms with van der Waals surface area (Å²) in [6.45, 7) is 3.26. The van der Waals surface area contributed by atoms with Crippen LogP contribution in [0.3, 0.4) is 0 Å². The molecule has 0 unspecified atom stereocenters. The van der Waals surface area contributed by atoms with Gasteiger partial charge in [-0.05, 0) is 42.3 Å².